The number of ketones is 1. The number of nitrogens with one attached hydrogen (secondary N) is 2. The number of carbonyl (C=O) groups is 4. The fraction of sp³-hybridized carbons (Fsp3) is 0.532. The quantitative estimate of drug-likeness (QED) is 0.0648. The molecule has 1 amide bonds. The summed E-state index contributed by atoms with van der Waals surface area (Å²) in [6, 6.07) is 20.7. The molecule has 7 atom stereocenters. The SMILES string of the molecule is CC(C)(C)[Si](C)(C)O[C@@H]1CO[C@H]2C[C@@H]1Nc1ccc(CN)cc12.CSc1ccccc1[C@H]1CCCN1C(=O)C(=O)O.O=CC(=O)CCCc1ccc2c(c1)[C@H]1C[C@@H](N2)[C@H](O)CO1.[Li+].[OH3+]. The van der Waals surface area contributed by atoms with Crippen LogP contribution in [0.15, 0.2) is 65.6 Å². The van der Waals surface area contributed by atoms with E-state index in [1.54, 1.807) is 11.8 Å². The topological polar surface area (TPSA) is 223 Å². The summed E-state index contributed by atoms with van der Waals surface area (Å²) in [5.74, 6) is -2.51. The molecule has 0 spiro atoms. The van der Waals surface area contributed by atoms with Gasteiger partial charge in [0.2, 0.25) is 0 Å². The summed E-state index contributed by atoms with van der Waals surface area (Å²) in [5.41, 5.74) is 13.7. The van der Waals surface area contributed by atoms with Gasteiger partial charge in [-0.05, 0) is 91.0 Å². The summed E-state index contributed by atoms with van der Waals surface area (Å²) in [6.45, 7) is 13.6. The number of aliphatic hydroxyl groups excluding tert-OH is 1. The smallest absolute Gasteiger partial charge is 0.474 e. The Bertz CT molecular complexity index is 2090. The zero-order valence-corrected chi connectivity index (χ0v) is 40.2. The van der Waals surface area contributed by atoms with Crippen molar-refractivity contribution in [3.05, 3.63) is 88.5 Å². The Morgan fingerprint density at radius 1 is 0.938 bits per heavy atom. The minimum Gasteiger partial charge on any atom is -0.474 e. The molecule has 3 aromatic carbocycles. The molecule has 64 heavy (non-hydrogen) atoms. The molecule has 9 N–H and O–H groups in total. The first-order valence-electron chi connectivity index (χ1n) is 21.8. The van der Waals surface area contributed by atoms with Crippen LogP contribution in [-0.4, -0.2) is 97.7 Å². The van der Waals surface area contributed by atoms with E-state index in [0.29, 0.717) is 51.5 Å². The van der Waals surface area contributed by atoms with Crippen molar-refractivity contribution in [2.24, 2.45) is 5.73 Å². The minimum absolute atomic E-state index is 0. The molecule has 5 aliphatic heterocycles. The van der Waals surface area contributed by atoms with Crippen LogP contribution >= 0.6 is 11.8 Å². The first-order valence-corrected chi connectivity index (χ1v) is 25.9. The number of carbonyl (C=O) groups excluding carboxylic acids is 3. The number of carboxylic acid groups (broad SMARTS) is 1. The number of aldehydes is 1. The van der Waals surface area contributed by atoms with Gasteiger partial charge in [0, 0.05) is 59.7 Å². The predicted octanol–water partition coefficient (Wildman–Crippen LogP) is 3.42. The maximum atomic E-state index is 11.6. The van der Waals surface area contributed by atoms with Crippen LogP contribution in [0.25, 0.3) is 0 Å². The number of aliphatic carboxylic acids is 1. The van der Waals surface area contributed by atoms with Crippen molar-refractivity contribution < 1.29 is 67.6 Å². The summed E-state index contributed by atoms with van der Waals surface area (Å²) < 4.78 is 18.5. The molecule has 3 aromatic rings. The predicted molar refractivity (Wildman–Crippen MR) is 249 cm³/mol. The van der Waals surface area contributed by atoms with E-state index in [0.717, 1.165) is 64.9 Å². The number of likely N-dealkylation sites (tertiary alicyclic amines) is 1. The average molecular weight is 915 g/mol. The largest absolute Gasteiger partial charge is 1.00 e. The zero-order valence-electron chi connectivity index (χ0n) is 38.4. The van der Waals surface area contributed by atoms with E-state index in [-0.39, 0.29) is 65.6 Å². The minimum atomic E-state index is -1.79. The molecule has 8 rings (SSSR count). The number of carboxylic acids is 1. The van der Waals surface area contributed by atoms with Crippen LogP contribution in [0.2, 0.25) is 18.1 Å². The van der Waals surface area contributed by atoms with E-state index in [2.05, 4.69) is 68.8 Å². The number of Topliss-reactive ketones (excluding diaryl/α,β-unsaturated/α-hetero) is 1. The Labute approximate surface area is 394 Å². The molecule has 0 aromatic heterocycles. The van der Waals surface area contributed by atoms with Gasteiger partial charge in [-0.15, -0.1) is 11.8 Å². The fourth-order valence-corrected chi connectivity index (χ4v) is 10.6. The average Bonchev–Trinajstić information content (AvgIpc) is 3.75. The Morgan fingerprint density at radius 3 is 2.17 bits per heavy atom. The molecule has 14 nitrogen and oxygen atoms in total. The second-order valence-corrected chi connectivity index (χ2v) is 23.9. The van der Waals surface area contributed by atoms with Gasteiger partial charge < -0.3 is 50.9 Å². The number of rotatable bonds is 10. The van der Waals surface area contributed by atoms with Crippen molar-refractivity contribution in [2.45, 2.75) is 138 Å². The van der Waals surface area contributed by atoms with E-state index in [4.69, 9.17) is 24.7 Å². The summed E-state index contributed by atoms with van der Waals surface area (Å²) in [7, 11) is -1.79. The van der Waals surface area contributed by atoms with Crippen molar-refractivity contribution in [1.82, 2.24) is 4.90 Å². The van der Waals surface area contributed by atoms with Crippen molar-refractivity contribution in [2.75, 3.05) is 36.6 Å². The van der Waals surface area contributed by atoms with Gasteiger partial charge in [0.25, 0.3) is 0 Å². The third-order valence-corrected chi connectivity index (χ3v) is 18.4. The van der Waals surface area contributed by atoms with Gasteiger partial charge in [0.05, 0.1) is 55.8 Å². The fourth-order valence-electron chi connectivity index (χ4n) is 8.60. The van der Waals surface area contributed by atoms with E-state index in [1.807, 2.05) is 42.7 Å². The number of hydrogen-bond donors (Lipinski definition) is 5. The van der Waals surface area contributed by atoms with Crippen LogP contribution < -0.4 is 35.2 Å². The second-order valence-electron chi connectivity index (χ2n) is 18.3. The summed E-state index contributed by atoms with van der Waals surface area (Å²) in [4.78, 5) is 46.3. The van der Waals surface area contributed by atoms with Crippen molar-refractivity contribution in [3.63, 3.8) is 0 Å². The van der Waals surface area contributed by atoms with Crippen molar-refractivity contribution in [3.8, 4) is 0 Å². The number of nitrogens with zero attached hydrogens (tertiary/aromatic N) is 1. The van der Waals surface area contributed by atoms with Crippen LogP contribution in [-0.2, 0) is 51.5 Å². The number of thioether (sulfide) groups is 1. The maximum absolute atomic E-state index is 11.6. The summed E-state index contributed by atoms with van der Waals surface area (Å²) in [6.07, 6.45) is 7.43. The van der Waals surface area contributed by atoms with Crippen LogP contribution in [0.3, 0.4) is 0 Å². The second kappa shape index (κ2) is 23.3. The molecule has 4 bridgehead atoms. The Morgan fingerprint density at radius 2 is 1.55 bits per heavy atom. The van der Waals surface area contributed by atoms with Gasteiger partial charge in [-0.25, -0.2) is 4.79 Å². The molecular weight excluding hydrogens is 848 g/mol. The Balaban J connectivity index is 0.000000209. The standard InChI is InChI=1S/C18H30N2O2Si.C16H19NO4.C13H15NO3S.Li.H2O/c1-18(2,3)23(4,5)22-17-11-21-16-9-15(17)20-14-7-6-12(10-19)8-13(14)16;18-8-11(19)3-1-2-10-4-5-13-12(6-10)16-7-14(17-13)15(20)9-21-16;1-18-11-7-3-2-5-9(11)10-6-4-8-14(10)12(15)13(16)17;;/h6-8,15-17,20H,9-11,19H2,1-5H3;4-6,8,14-17,20H,1-3,7,9H2;2-3,5,7,10H,4,6,8H2,1H3,(H,16,17);;1H2/q;;;+1;/p+1/t15-,16-,17+;14-,15-,16-;10-;;/m011../s1. The molecule has 0 unspecified atom stereocenters. The number of anilines is 2. The third-order valence-electron chi connectivity index (χ3n) is 13.1. The summed E-state index contributed by atoms with van der Waals surface area (Å²) >= 11 is 1.62. The van der Waals surface area contributed by atoms with Gasteiger partial charge >= 0.3 is 30.7 Å². The van der Waals surface area contributed by atoms with Gasteiger partial charge in [-0.1, -0.05) is 57.2 Å². The van der Waals surface area contributed by atoms with E-state index >= 15 is 0 Å². The first-order chi connectivity index (χ1) is 29.5. The molecule has 3 fully saturated rings. The molecule has 5 aliphatic rings. The van der Waals surface area contributed by atoms with Crippen molar-refractivity contribution >= 4 is 55.4 Å². The van der Waals surface area contributed by atoms with Gasteiger partial charge in [0.1, 0.15) is 0 Å². The monoisotopic (exact) mass is 914 g/mol. The number of ether oxygens (including phenoxy) is 2. The Hall–Kier alpha value is -3.54. The van der Waals surface area contributed by atoms with Gasteiger partial charge in [-0.2, -0.15) is 0 Å². The molecule has 3 saturated heterocycles. The van der Waals surface area contributed by atoms with Crippen molar-refractivity contribution in [1.29, 1.82) is 0 Å². The number of hydrogen-bond acceptors (Lipinski definition) is 12. The first kappa shape index (κ1) is 53.1. The summed E-state index contributed by atoms with van der Waals surface area (Å²) in [5, 5.41) is 25.9. The molecule has 344 valence electrons. The maximum Gasteiger partial charge on any atom is 1.00 e. The van der Waals surface area contributed by atoms with Crippen LogP contribution in [0.5, 0.6) is 0 Å². The molecule has 5 heterocycles. The number of aliphatic hydroxyl groups is 1. The van der Waals surface area contributed by atoms with Crippen LogP contribution in [0.4, 0.5) is 11.4 Å². The number of amides is 1. The third kappa shape index (κ3) is 12.7. The molecular formula is C47H67LiN4O10SSi+2. The van der Waals surface area contributed by atoms with Crippen LogP contribution in [0.1, 0.15) is 105 Å². The molecule has 17 heteroatoms. The zero-order chi connectivity index (χ0) is 44.8. The molecule has 0 radical (unpaired) electrons. The number of benzene rings is 3. The molecule has 0 aliphatic carbocycles. The number of nitrogens with two attached hydrogens (primary N) is 1. The van der Waals surface area contributed by atoms with E-state index in [9.17, 15) is 24.3 Å². The van der Waals surface area contributed by atoms with Gasteiger partial charge in [-0.3, -0.25) is 14.4 Å². The van der Waals surface area contributed by atoms with Crippen LogP contribution in [0, 0.1) is 0 Å². The van der Waals surface area contributed by atoms with E-state index in [1.165, 1.54) is 16.2 Å². The van der Waals surface area contributed by atoms with E-state index < -0.39 is 26.3 Å². The van der Waals surface area contributed by atoms with Gasteiger partial charge in [0.15, 0.2) is 20.4 Å². The normalized spacial score (nSPS) is 23.9. The number of fused-ring (bicyclic) bond motifs is 8. The molecule has 0 saturated carbocycles. The Kier molecular flexibility index (Phi) is 19.3. The number of aryl methyl sites for hydroxylation is 1.